The van der Waals surface area contributed by atoms with E-state index in [0.29, 0.717) is 24.8 Å². The van der Waals surface area contributed by atoms with Crippen LogP contribution in [0.3, 0.4) is 0 Å². The maximum Gasteiger partial charge on any atom is 0.306 e. The number of carbonyl (C=O) groups excluding carboxylic acids is 3. The SMILES string of the molecule is CCC(=O)O[C@]1(C(=O)CCl)[C@@H](C)C[C@H]2[C@@H]3CCC4=C(F)C(=O)C=C[C@]4(C)[C@H]3[C@@H](O)C[C@@]21C. The molecule has 32 heavy (non-hydrogen) atoms. The summed E-state index contributed by atoms with van der Waals surface area (Å²) in [4.78, 5) is 37.7. The Kier molecular flexibility index (Phi) is 5.73. The Balaban J connectivity index is 1.81. The van der Waals surface area contributed by atoms with Gasteiger partial charge in [-0.05, 0) is 49.2 Å². The van der Waals surface area contributed by atoms with E-state index in [2.05, 4.69) is 0 Å². The fourth-order valence-electron chi connectivity index (χ4n) is 7.95. The Morgan fingerprint density at radius 1 is 1.34 bits per heavy atom. The number of hydrogen-bond donors (Lipinski definition) is 1. The van der Waals surface area contributed by atoms with Gasteiger partial charge in [-0.25, -0.2) is 4.39 Å². The highest BCUT2D eigenvalue weighted by Crippen LogP contribution is 2.69. The van der Waals surface area contributed by atoms with Crippen molar-refractivity contribution in [1.82, 2.24) is 0 Å². The molecule has 176 valence electrons. The molecule has 0 amide bonds. The molecule has 0 aromatic carbocycles. The number of hydrogen-bond acceptors (Lipinski definition) is 5. The molecule has 4 aliphatic rings. The second-order valence-electron chi connectivity index (χ2n) is 10.6. The maximum absolute atomic E-state index is 14.8. The Labute approximate surface area is 193 Å². The quantitative estimate of drug-likeness (QED) is 0.493. The van der Waals surface area contributed by atoms with E-state index in [-0.39, 0.29) is 48.2 Å². The summed E-state index contributed by atoms with van der Waals surface area (Å²) < 4.78 is 20.8. The van der Waals surface area contributed by atoms with E-state index in [1.165, 1.54) is 6.08 Å². The van der Waals surface area contributed by atoms with Crippen molar-refractivity contribution in [3.63, 3.8) is 0 Å². The molecule has 0 spiro atoms. The molecular formula is C25H32ClFO5. The number of ketones is 2. The highest BCUT2D eigenvalue weighted by molar-refractivity contribution is 6.29. The van der Waals surface area contributed by atoms with Crippen molar-refractivity contribution in [2.45, 2.75) is 71.5 Å². The molecule has 4 rings (SSSR count). The number of halogens is 2. The van der Waals surface area contributed by atoms with Crippen LogP contribution in [0.15, 0.2) is 23.6 Å². The van der Waals surface area contributed by atoms with Crippen LogP contribution in [0.25, 0.3) is 0 Å². The van der Waals surface area contributed by atoms with E-state index in [1.54, 1.807) is 13.0 Å². The second-order valence-corrected chi connectivity index (χ2v) is 10.8. The van der Waals surface area contributed by atoms with Gasteiger partial charge in [-0.15, -0.1) is 11.6 Å². The van der Waals surface area contributed by atoms with Crippen molar-refractivity contribution in [2.75, 3.05) is 5.88 Å². The largest absolute Gasteiger partial charge is 0.450 e. The van der Waals surface area contributed by atoms with Crippen molar-refractivity contribution < 1.29 is 28.6 Å². The predicted molar refractivity (Wildman–Crippen MR) is 117 cm³/mol. The Hall–Kier alpha value is -1.53. The molecule has 0 unspecified atom stereocenters. The Bertz CT molecular complexity index is 927. The average Bonchev–Trinajstić information content (AvgIpc) is 2.97. The molecule has 0 aliphatic heterocycles. The minimum absolute atomic E-state index is 0.00377. The van der Waals surface area contributed by atoms with Gasteiger partial charge in [0.15, 0.2) is 17.2 Å². The number of esters is 1. The number of rotatable bonds is 4. The molecule has 4 aliphatic carbocycles. The van der Waals surface area contributed by atoms with E-state index >= 15 is 0 Å². The lowest BCUT2D eigenvalue weighted by atomic mass is 9.46. The van der Waals surface area contributed by atoms with Crippen molar-refractivity contribution in [1.29, 1.82) is 0 Å². The van der Waals surface area contributed by atoms with Crippen LogP contribution in [0, 0.1) is 34.5 Å². The van der Waals surface area contributed by atoms with Crippen molar-refractivity contribution >= 4 is 29.1 Å². The number of carbonyl (C=O) groups is 3. The van der Waals surface area contributed by atoms with Gasteiger partial charge in [0.05, 0.1) is 12.0 Å². The summed E-state index contributed by atoms with van der Waals surface area (Å²) in [6.45, 7) is 7.46. The van der Waals surface area contributed by atoms with Gasteiger partial charge in [0.2, 0.25) is 5.78 Å². The van der Waals surface area contributed by atoms with Crippen LogP contribution in [0.2, 0.25) is 0 Å². The zero-order valence-electron chi connectivity index (χ0n) is 19.1. The zero-order valence-corrected chi connectivity index (χ0v) is 19.9. The van der Waals surface area contributed by atoms with Crippen LogP contribution in [0.1, 0.15) is 59.8 Å². The van der Waals surface area contributed by atoms with Gasteiger partial charge >= 0.3 is 5.97 Å². The van der Waals surface area contributed by atoms with Crippen molar-refractivity contribution in [3.8, 4) is 0 Å². The molecular weight excluding hydrogens is 435 g/mol. The fourth-order valence-corrected chi connectivity index (χ4v) is 8.14. The normalized spacial score (nSPS) is 45.2. The van der Waals surface area contributed by atoms with Gasteiger partial charge in [-0.1, -0.05) is 33.8 Å². The van der Waals surface area contributed by atoms with E-state index in [1.807, 2.05) is 20.8 Å². The summed E-state index contributed by atoms with van der Waals surface area (Å²) >= 11 is 6.03. The monoisotopic (exact) mass is 466 g/mol. The summed E-state index contributed by atoms with van der Waals surface area (Å²) in [6, 6.07) is 0. The summed E-state index contributed by atoms with van der Waals surface area (Å²) in [7, 11) is 0. The van der Waals surface area contributed by atoms with E-state index in [0.717, 1.165) is 0 Å². The number of alkyl halides is 1. The van der Waals surface area contributed by atoms with Gasteiger partial charge in [0, 0.05) is 29.1 Å². The van der Waals surface area contributed by atoms with E-state index in [4.69, 9.17) is 16.3 Å². The summed E-state index contributed by atoms with van der Waals surface area (Å²) in [6.07, 6.45) is 4.27. The van der Waals surface area contributed by atoms with Gasteiger partial charge in [0.1, 0.15) is 0 Å². The highest BCUT2D eigenvalue weighted by Gasteiger charge is 2.72. The molecule has 0 aromatic heterocycles. The molecule has 0 heterocycles. The lowest BCUT2D eigenvalue weighted by Gasteiger charge is -2.60. The number of Topliss-reactive ketones (excluding diaryl/α,β-unsaturated/α-hetero) is 1. The minimum atomic E-state index is -1.39. The molecule has 0 aromatic rings. The number of allylic oxidation sites excluding steroid dienone is 4. The van der Waals surface area contributed by atoms with Crippen LogP contribution in [0.5, 0.6) is 0 Å². The van der Waals surface area contributed by atoms with Crippen LogP contribution < -0.4 is 0 Å². The van der Waals surface area contributed by atoms with Crippen LogP contribution in [0.4, 0.5) is 4.39 Å². The topological polar surface area (TPSA) is 80.7 Å². The second kappa shape index (κ2) is 7.76. The number of ether oxygens (including phenoxy) is 1. The number of fused-ring (bicyclic) bond motifs is 5. The van der Waals surface area contributed by atoms with Crippen LogP contribution in [-0.2, 0) is 19.1 Å². The molecule has 5 nitrogen and oxygen atoms in total. The van der Waals surface area contributed by atoms with Gasteiger partial charge in [0.25, 0.3) is 0 Å². The van der Waals surface area contributed by atoms with Crippen LogP contribution in [-0.4, -0.2) is 40.2 Å². The summed E-state index contributed by atoms with van der Waals surface area (Å²) in [5.41, 5.74) is -2.46. The molecule has 8 atom stereocenters. The third-order valence-electron chi connectivity index (χ3n) is 9.23. The van der Waals surface area contributed by atoms with E-state index in [9.17, 15) is 23.9 Å². The first-order valence-electron chi connectivity index (χ1n) is 11.6. The number of aliphatic hydroxyl groups is 1. The first-order chi connectivity index (χ1) is 15.0. The summed E-state index contributed by atoms with van der Waals surface area (Å²) in [5.74, 6) is -2.90. The Morgan fingerprint density at radius 2 is 2.03 bits per heavy atom. The Morgan fingerprint density at radius 3 is 2.66 bits per heavy atom. The molecule has 7 heteroatoms. The lowest BCUT2D eigenvalue weighted by Crippen LogP contribution is -2.64. The number of aliphatic hydroxyl groups excluding tert-OH is 1. The predicted octanol–water partition coefficient (Wildman–Crippen LogP) is 4.31. The standard InChI is InChI=1S/C25H32ClFO5/c1-5-20(31)32-25(19(30)12-26)13(2)10-16-14-6-7-15-22(27)17(28)8-9-23(15,3)21(14)18(29)11-24(16,25)4/h8-9,13-14,16,18,21,29H,5-7,10-12H2,1-4H3/t13-,14-,16-,18-,21+,23-,24-,25-/m0/s1. The van der Waals surface area contributed by atoms with Crippen LogP contribution >= 0.6 is 11.6 Å². The first kappa shape index (κ1) is 23.6. The highest BCUT2D eigenvalue weighted by atomic mass is 35.5. The molecule has 0 radical (unpaired) electrons. The molecule has 3 saturated carbocycles. The van der Waals surface area contributed by atoms with Crippen molar-refractivity contribution in [2.24, 2.45) is 34.5 Å². The third-order valence-corrected chi connectivity index (χ3v) is 9.47. The zero-order chi connectivity index (χ0) is 23.6. The molecule has 0 bridgehead atoms. The van der Waals surface area contributed by atoms with Gasteiger partial charge in [-0.2, -0.15) is 0 Å². The fraction of sp³-hybridized carbons (Fsp3) is 0.720. The first-order valence-corrected chi connectivity index (χ1v) is 12.1. The van der Waals surface area contributed by atoms with Gasteiger partial charge in [-0.3, -0.25) is 14.4 Å². The molecule has 1 N–H and O–H groups in total. The molecule has 0 saturated heterocycles. The van der Waals surface area contributed by atoms with Gasteiger partial charge < -0.3 is 9.84 Å². The van der Waals surface area contributed by atoms with Crippen molar-refractivity contribution in [3.05, 3.63) is 23.6 Å². The average molecular weight is 467 g/mol. The third kappa shape index (κ3) is 2.87. The van der Waals surface area contributed by atoms with E-state index < -0.39 is 40.1 Å². The maximum atomic E-state index is 14.8. The molecule has 3 fully saturated rings. The smallest absolute Gasteiger partial charge is 0.306 e. The summed E-state index contributed by atoms with van der Waals surface area (Å²) in [5, 5.41) is 11.5. The lowest BCUT2D eigenvalue weighted by molar-refractivity contribution is -0.202. The minimum Gasteiger partial charge on any atom is -0.450 e.